The van der Waals surface area contributed by atoms with E-state index in [1.165, 1.54) is 77.0 Å². The molecule has 1 aromatic carbocycles. The van der Waals surface area contributed by atoms with E-state index in [0.29, 0.717) is 18.5 Å². The number of unbranched alkanes of at least 4 members (excludes halogenated alkanes) is 11. The van der Waals surface area contributed by atoms with Crippen molar-refractivity contribution in [2.24, 2.45) is 0 Å². The molecule has 0 radical (unpaired) electrons. The predicted octanol–water partition coefficient (Wildman–Crippen LogP) is 8.52. The van der Waals surface area contributed by atoms with Crippen LogP contribution < -0.4 is 0 Å². The molecule has 2 aliphatic rings. The Balaban J connectivity index is 1.26. The summed E-state index contributed by atoms with van der Waals surface area (Å²) in [4.78, 5) is 28.1. The summed E-state index contributed by atoms with van der Waals surface area (Å²) in [5.41, 5.74) is 0.846. The van der Waals surface area contributed by atoms with Crippen LogP contribution in [0, 0.1) is 0 Å². The molecule has 2 aliphatic heterocycles. The van der Waals surface area contributed by atoms with Crippen molar-refractivity contribution in [2.45, 2.75) is 147 Å². The maximum absolute atomic E-state index is 13.2. The number of allylic oxidation sites excluding steroid dienone is 2. The zero-order chi connectivity index (χ0) is 28.4. The maximum atomic E-state index is 13.2. The van der Waals surface area contributed by atoms with Gasteiger partial charge >= 0.3 is 11.9 Å². The van der Waals surface area contributed by atoms with Crippen LogP contribution in [-0.4, -0.2) is 48.7 Å². The monoisotopic (exact) mass is 553 g/mol. The van der Waals surface area contributed by atoms with Gasteiger partial charge < -0.3 is 14.4 Å². The van der Waals surface area contributed by atoms with Gasteiger partial charge in [0.1, 0.15) is 18.6 Å². The molecule has 0 amide bonds. The van der Waals surface area contributed by atoms with E-state index in [9.17, 15) is 9.59 Å². The van der Waals surface area contributed by atoms with Crippen LogP contribution in [-0.2, 0) is 19.1 Å². The predicted molar refractivity (Wildman–Crippen MR) is 163 cm³/mol. The highest BCUT2D eigenvalue weighted by Gasteiger charge is 2.40. The Morgan fingerprint density at radius 1 is 0.850 bits per heavy atom. The lowest BCUT2D eigenvalue weighted by atomic mass is 9.98. The van der Waals surface area contributed by atoms with E-state index in [2.05, 4.69) is 31.0 Å². The molecule has 40 heavy (non-hydrogen) atoms. The standard InChI is InChI=1S/C35H55NO4/c1-3-4-5-6-7-8-9-10-11-12-13-14-15-16-20-23-34(37)39-28-33(29-21-18-17-19-22-29)35(38)40-32-26-30-24-25-31(27-32)36(30)2/h8-9,17-19,21-22,30-33H,3-7,10-16,20,23-28H2,1-2H3/b9-8-/t30-,31+,32+,33?. The zero-order valence-corrected chi connectivity index (χ0v) is 25.4. The molecule has 224 valence electrons. The Morgan fingerprint density at radius 3 is 2.05 bits per heavy atom. The van der Waals surface area contributed by atoms with E-state index in [1.54, 1.807) is 0 Å². The van der Waals surface area contributed by atoms with Crippen LogP contribution in [0.2, 0.25) is 0 Å². The van der Waals surface area contributed by atoms with E-state index >= 15 is 0 Å². The third kappa shape index (κ3) is 11.8. The molecule has 1 unspecified atom stereocenters. The number of carbonyl (C=O) groups is 2. The molecule has 0 aliphatic carbocycles. The summed E-state index contributed by atoms with van der Waals surface area (Å²) in [6.45, 7) is 2.31. The Morgan fingerprint density at radius 2 is 1.43 bits per heavy atom. The molecule has 4 atom stereocenters. The van der Waals surface area contributed by atoms with Gasteiger partial charge in [0.15, 0.2) is 0 Å². The third-order valence-electron chi connectivity index (χ3n) is 8.88. The second-order valence-electron chi connectivity index (χ2n) is 12.1. The second-order valence-corrected chi connectivity index (χ2v) is 12.1. The number of esters is 2. The summed E-state index contributed by atoms with van der Waals surface area (Å²) in [5, 5.41) is 0. The van der Waals surface area contributed by atoms with Gasteiger partial charge in [-0.15, -0.1) is 0 Å². The first-order valence-corrected chi connectivity index (χ1v) is 16.4. The van der Waals surface area contributed by atoms with Gasteiger partial charge in [-0.05, 0) is 70.4 Å². The van der Waals surface area contributed by atoms with Crippen molar-refractivity contribution < 1.29 is 19.1 Å². The highest BCUT2D eigenvalue weighted by atomic mass is 16.6. The summed E-state index contributed by atoms with van der Waals surface area (Å²) >= 11 is 0. The molecule has 2 bridgehead atoms. The molecule has 2 heterocycles. The quantitative estimate of drug-likeness (QED) is 0.0920. The van der Waals surface area contributed by atoms with Gasteiger partial charge in [-0.1, -0.05) is 101 Å². The van der Waals surface area contributed by atoms with Gasteiger partial charge in [0.2, 0.25) is 0 Å². The Hall–Kier alpha value is -2.14. The van der Waals surface area contributed by atoms with E-state index in [-0.39, 0.29) is 24.6 Å². The van der Waals surface area contributed by atoms with Crippen LogP contribution >= 0.6 is 0 Å². The first-order chi connectivity index (χ1) is 19.6. The van der Waals surface area contributed by atoms with Crippen molar-refractivity contribution in [3.05, 3.63) is 48.0 Å². The molecule has 1 aromatic rings. The average Bonchev–Trinajstić information content (AvgIpc) is 3.15. The lowest BCUT2D eigenvalue weighted by Crippen LogP contribution is -2.44. The first-order valence-electron chi connectivity index (χ1n) is 16.4. The fraction of sp³-hybridized carbons (Fsp3) is 0.714. The van der Waals surface area contributed by atoms with Gasteiger partial charge in [0, 0.05) is 18.5 Å². The fourth-order valence-electron chi connectivity index (χ4n) is 6.28. The van der Waals surface area contributed by atoms with Crippen molar-refractivity contribution in [3.8, 4) is 0 Å². The maximum Gasteiger partial charge on any atom is 0.317 e. The molecular formula is C35H55NO4. The molecule has 5 heteroatoms. The zero-order valence-electron chi connectivity index (χ0n) is 25.4. The minimum absolute atomic E-state index is 0.0418. The van der Waals surface area contributed by atoms with E-state index in [1.807, 2.05) is 30.3 Å². The van der Waals surface area contributed by atoms with Crippen LogP contribution in [0.25, 0.3) is 0 Å². The Labute approximate surface area is 244 Å². The summed E-state index contributed by atoms with van der Waals surface area (Å²) in [5.74, 6) is -1.05. The van der Waals surface area contributed by atoms with Crippen LogP contribution in [0.5, 0.6) is 0 Å². The molecule has 2 saturated heterocycles. The normalized spacial score (nSPS) is 21.5. The third-order valence-corrected chi connectivity index (χ3v) is 8.88. The van der Waals surface area contributed by atoms with Gasteiger partial charge in [-0.25, -0.2) is 0 Å². The SMILES string of the molecule is CCCCCC/C=C\CCCCCCCCCC(=O)OCC(C(=O)O[C@H]1C[C@H]2CC[C@@H](C1)N2C)c1ccccc1. The first kappa shape index (κ1) is 32.4. The molecule has 3 rings (SSSR count). The van der Waals surface area contributed by atoms with Crippen molar-refractivity contribution in [1.82, 2.24) is 4.90 Å². The van der Waals surface area contributed by atoms with Crippen LogP contribution in [0.1, 0.15) is 134 Å². The molecule has 0 N–H and O–H groups in total. The number of fused-ring (bicyclic) bond motifs is 2. The number of hydrogen-bond acceptors (Lipinski definition) is 5. The minimum Gasteiger partial charge on any atom is -0.464 e. The van der Waals surface area contributed by atoms with Crippen molar-refractivity contribution in [3.63, 3.8) is 0 Å². The fourth-order valence-corrected chi connectivity index (χ4v) is 6.28. The van der Waals surface area contributed by atoms with Gasteiger partial charge in [0.05, 0.1) is 0 Å². The van der Waals surface area contributed by atoms with Crippen molar-refractivity contribution >= 4 is 11.9 Å². The number of hydrogen-bond donors (Lipinski definition) is 0. The van der Waals surface area contributed by atoms with Gasteiger partial charge in [-0.2, -0.15) is 0 Å². The van der Waals surface area contributed by atoms with Crippen LogP contribution in [0.4, 0.5) is 0 Å². The Kier molecular flexibility index (Phi) is 15.4. The van der Waals surface area contributed by atoms with Crippen molar-refractivity contribution in [1.29, 1.82) is 0 Å². The second kappa shape index (κ2) is 19.1. The molecule has 2 fully saturated rings. The number of benzene rings is 1. The highest BCUT2D eigenvalue weighted by Crippen LogP contribution is 2.36. The topological polar surface area (TPSA) is 55.8 Å². The van der Waals surface area contributed by atoms with E-state index in [0.717, 1.165) is 37.7 Å². The average molecular weight is 554 g/mol. The largest absolute Gasteiger partial charge is 0.464 e. The number of nitrogens with zero attached hydrogens (tertiary/aromatic N) is 1. The molecule has 0 spiro atoms. The summed E-state index contributed by atoms with van der Waals surface area (Å²) in [7, 11) is 2.18. The molecule has 0 saturated carbocycles. The van der Waals surface area contributed by atoms with Crippen molar-refractivity contribution in [2.75, 3.05) is 13.7 Å². The van der Waals surface area contributed by atoms with Crippen LogP contribution in [0.15, 0.2) is 42.5 Å². The molecule has 5 nitrogen and oxygen atoms in total. The minimum atomic E-state index is -0.571. The Bertz CT molecular complexity index is 855. The number of piperidine rings is 1. The lowest BCUT2D eigenvalue weighted by molar-refractivity contribution is -0.158. The summed E-state index contributed by atoms with van der Waals surface area (Å²) in [6, 6.07) is 10.6. The highest BCUT2D eigenvalue weighted by molar-refractivity contribution is 5.79. The van der Waals surface area contributed by atoms with E-state index < -0.39 is 5.92 Å². The van der Waals surface area contributed by atoms with Gasteiger partial charge in [-0.3, -0.25) is 9.59 Å². The number of carbonyl (C=O) groups excluding carboxylic acids is 2. The molecular weight excluding hydrogens is 498 g/mol. The van der Waals surface area contributed by atoms with Gasteiger partial charge in [0.25, 0.3) is 0 Å². The molecule has 0 aromatic heterocycles. The smallest absolute Gasteiger partial charge is 0.317 e. The van der Waals surface area contributed by atoms with Crippen LogP contribution in [0.3, 0.4) is 0 Å². The lowest BCUT2D eigenvalue weighted by Gasteiger charge is -2.36. The summed E-state index contributed by atoms with van der Waals surface area (Å²) in [6.07, 6.45) is 25.2. The number of ether oxygens (including phenoxy) is 2. The number of rotatable bonds is 20. The summed E-state index contributed by atoms with van der Waals surface area (Å²) < 4.78 is 11.6. The van der Waals surface area contributed by atoms with E-state index in [4.69, 9.17) is 9.47 Å².